The molecule has 13 heteroatoms. The van der Waals surface area contributed by atoms with E-state index in [9.17, 15) is 27.2 Å². The number of ether oxygens (including phenoxy) is 1. The van der Waals surface area contributed by atoms with Crippen molar-refractivity contribution in [2.24, 2.45) is 5.92 Å². The highest BCUT2D eigenvalue weighted by Crippen LogP contribution is 2.48. The Hall–Kier alpha value is -3.32. The molecule has 5 rings (SSSR count). The average Bonchev–Trinajstić information content (AvgIpc) is 3.09. The van der Waals surface area contributed by atoms with E-state index in [0.29, 0.717) is 22.7 Å². The molecule has 0 saturated carbocycles. The lowest BCUT2D eigenvalue weighted by molar-refractivity contribution is -0.137. The summed E-state index contributed by atoms with van der Waals surface area (Å²) in [5.74, 6) is 0.0217. The highest BCUT2D eigenvalue weighted by atomic mass is 32.2. The van der Waals surface area contributed by atoms with Gasteiger partial charge in [-0.05, 0) is 78.4 Å². The topological polar surface area (TPSA) is 70.9 Å². The molecule has 0 bridgehead atoms. The first-order valence-electron chi connectivity index (χ1n) is 14.9. The highest BCUT2D eigenvalue weighted by molar-refractivity contribution is 7.99. The number of benzene rings is 2. The van der Waals surface area contributed by atoms with E-state index < -0.39 is 34.9 Å². The van der Waals surface area contributed by atoms with E-state index in [1.807, 2.05) is 32.8 Å². The van der Waals surface area contributed by atoms with Crippen LogP contribution in [0.25, 0.3) is 22.0 Å². The fraction of sp³-hybridized carbons (Fsp3) is 0.531. The molecule has 3 aromatic rings. The lowest BCUT2D eigenvalue weighted by Gasteiger charge is -2.45. The molecule has 1 saturated heterocycles. The minimum atomic E-state index is -4.75. The van der Waals surface area contributed by atoms with Gasteiger partial charge in [-0.3, -0.25) is 9.47 Å². The molecular formula is C32H39F4N5O3S. The summed E-state index contributed by atoms with van der Waals surface area (Å²) < 4.78 is 65.8. The van der Waals surface area contributed by atoms with Gasteiger partial charge in [0, 0.05) is 47.8 Å². The highest BCUT2D eigenvalue weighted by Gasteiger charge is 2.40. The number of thioether (sulfide) groups is 1. The van der Waals surface area contributed by atoms with Gasteiger partial charge in [0.1, 0.15) is 17.2 Å². The maximum Gasteiger partial charge on any atom is 0.417 e. The van der Waals surface area contributed by atoms with Crippen LogP contribution in [0, 0.1) is 11.7 Å². The Morgan fingerprint density at radius 2 is 1.69 bits per heavy atom. The number of rotatable bonds is 4. The molecular weight excluding hydrogens is 610 g/mol. The van der Waals surface area contributed by atoms with E-state index in [0.717, 1.165) is 18.2 Å². The second-order valence-electron chi connectivity index (χ2n) is 13.3. The molecule has 244 valence electrons. The molecule has 1 fully saturated rings. The number of halogens is 4. The molecule has 1 aromatic heterocycles. The molecule has 3 atom stereocenters. The van der Waals surface area contributed by atoms with E-state index in [1.54, 1.807) is 30.6 Å². The second-order valence-corrected chi connectivity index (χ2v) is 14.3. The van der Waals surface area contributed by atoms with Crippen molar-refractivity contribution in [2.45, 2.75) is 69.9 Å². The van der Waals surface area contributed by atoms with Gasteiger partial charge in [-0.1, -0.05) is 12.1 Å². The number of carbonyl (C=O) groups is 1. The van der Waals surface area contributed by atoms with Crippen LogP contribution in [0.15, 0.2) is 40.0 Å². The summed E-state index contributed by atoms with van der Waals surface area (Å²) in [4.78, 5) is 37.0. The molecule has 1 amide bonds. The number of alkyl halides is 3. The van der Waals surface area contributed by atoms with Crippen LogP contribution in [0.1, 0.15) is 40.2 Å². The first kappa shape index (κ1) is 33.1. The molecule has 45 heavy (non-hydrogen) atoms. The van der Waals surface area contributed by atoms with Crippen LogP contribution in [-0.4, -0.2) is 82.6 Å². The molecule has 0 aliphatic carbocycles. The third-order valence-electron chi connectivity index (χ3n) is 7.99. The Labute approximate surface area is 264 Å². The normalized spacial score (nSPS) is 20.9. The maximum atomic E-state index is 14.9. The number of amides is 1. The van der Waals surface area contributed by atoms with E-state index in [1.165, 1.54) is 28.5 Å². The second kappa shape index (κ2) is 12.1. The Morgan fingerprint density at radius 3 is 2.24 bits per heavy atom. The Bertz CT molecular complexity index is 1640. The minimum Gasteiger partial charge on any atom is -0.444 e. The van der Waals surface area contributed by atoms with Crippen molar-refractivity contribution < 1.29 is 27.1 Å². The van der Waals surface area contributed by atoms with Gasteiger partial charge in [0.05, 0.1) is 23.2 Å². The molecule has 2 aliphatic rings. The van der Waals surface area contributed by atoms with Gasteiger partial charge in [-0.15, -0.1) is 11.8 Å². The summed E-state index contributed by atoms with van der Waals surface area (Å²) in [6.45, 7) is 10.4. The third kappa shape index (κ3) is 6.79. The minimum absolute atomic E-state index is 0.0428. The quantitative estimate of drug-likeness (QED) is 0.306. The van der Waals surface area contributed by atoms with Gasteiger partial charge in [0.15, 0.2) is 0 Å². The number of nitrogens with zero attached hydrogens (tertiary/aromatic N) is 5. The van der Waals surface area contributed by atoms with E-state index in [2.05, 4.69) is 4.98 Å². The van der Waals surface area contributed by atoms with Crippen LogP contribution in [-0.2, 0) is 17.5 Å². The number of piperazine rings is 1. The molecule has 3 heterocycles. The van der Waals surface area contributed by atoms with Gasteiger partial charge >= 0.3 is 18.0 Å². The monoisotopic (exact) mass is 649 g/mol. The molecule has 2 aliphatic heterocycles. The van der Waals surface area contributed by atoms with Crippen LogP contribution in [0.2, 0.25) is 0 Å². The average molecular weight is 650 g/mol. The van der Waals surface area contributed by atoms with Crippen molar-refractivity contribution >= 4 is 34.6 Å². The van der Waals surface area contributed by atoms with Crippen molar-refractivity contribution in [1.29, 1.82) is 0 Å². The summed E-state index contributed by atoms with van der Waals surface area (Å²) in [6.07, 6.45) is -5.23. The van der Waals surface area contributed by atoms with Crippen molar-refractivity contribution in [3.8, 4) is 11.1 Å². The standard InChI is InChI=1S/C32H39F4N5O3S/c1-18-13-39(14-19(2)41(18)30(43)44-31(3,4)5)28-23-12-24(32(34,35)36)25(21-8-10-22(33)11-9-21)27-26(23)40(29(42)37-28)16-20(17-45-27)15-38(6)7/h8-12,18-20H,13-17H2,1-7H3/t18-,19+,20?. The zero-order valence-corrected chi connectivity index (χ0v) is 27.4. The van der Waals surface area contributed by atoms with Crippen molar-refractivity contribution in [1.82, 2.24) is 19.4 Å². The van der Waals surface area contributed by atoms with Gasteiger partial charge in [-0.25, -0.2) is 14.0 Å². The Kier molecular flexibility index (Phi) is 8.91. The van der Waals surface area contributed by atoms with Crippen molar-refractivity contribution in [2.75, 3.05) is 44.4 Å². The molecule has 0 N–H and O–H groups in total. The van der Waals surface area contributed by atoms with Crippen molar-refractivity contribution in [3.63, 3.8) is 0 Å². The van der Waals surface area contributed by atoms with Gasteiger partial charge < -0.3 is 14.5 Å². The largest absolute Gasteiger partial charge is 0.444 e. The van der Waals surface area contributed by atoms with E-state index in [-0.39, 0.29) is 60.0 Å². The zero-order chi connectivity index (χ0) is 33.0. The van der Waals surface area contributed by atoms with Gasteiger partial charge in [-0.2, -0.15) is 18.2 Å². The fourth-order valence-corrected chi connectivity index (χ4v) is 7.72. The number of aromatic nitrogens is 2. The van der Waals surface area contributed by atoms with Gasteiger partial charge in [0.2, 0.25) is 0 Å². The Morgan fingerprint density at radius 1 is 1.07 bits per heavy atom. The lowest BCUT2D eigenvalue weighted by atomic mass is 9.96. The van der Waals surface area contributed by atoms with Gasteiger partial charge in [0.25, 0.3) is 0 Å². The zero-order valence-electron chi connectivity index (χ0n) is 26.5. The van der Waals surface area contributed by atoms with Crippen molar-refractivity contribution in [3.05, 3.63) is 52.2 Å². The van der Waals surface area contributed by atoms with E-state index in [4.69, 9.17) is 4.74 Å². The summed E-state index contributed by atoms with van der Waals surface area (Å²) in [5, 5.41) is 0.214. The first-order chi connectivity index (χ1) is 20.9. The van der Waals surface area contributed by atoms with Crippen LogP contribution in [0.4, 0.5) is 28.2 Å². The smallest absolute Gasteiger partial charge is 0.417 e. The summed E-state index contributed by atoms with van der Waals surface area (Å²) in [5.41, 5.74) is -1.60. The maximum absolute atomic E-state index is 14.9. The summed E-state index contributed by atoms with van der Waals surface area (Å²) in [6, 6.07) is 5.29. The lowest BCUT2D eigenvalue weighted by Crippen LogP contribution is -2.59. The molecule has 1 unspecified atom stereocenters. The number of anilines is 1. The summed E-state index contributed by atoms with van der Waals surface area (Å²) >= 11 is 1.29. The molecule has 8 nitrogen and oxygen atoms in total. The van der Waals surface area contributed by atoms with Crippen LogP contribution in [0.3, 0.4) is 0 Å². The van der Waals surface area contributed by atoms with Crippen LogP contribution >= 0.6 is 11.8 Å². The van der Waals surface area contributed by atoms with Crippen LogP contribution in [0.5, 0.6) is 0 Å². The fourth-order valence-electron chi connectivity index (χ4n) is 6.38. The predicted molar refractivity (Wildman–Crippen MR) is 168 cm³/mol. The first-order valence-corrected chi connectivity index (χ1v) is 15.9. The molecule has 2 aromatic carbocycles. The molecule has 0 spiro atoms. The number of hydrogen-bond donors (Lipinski definition) is 0. The number of carbonyl (C=O) groups excluding carboxylic acids is 1. The molecule has 0 radical (unpaired) electrons. The van der Waals surface area contributed by atoms with Crippen LogP contribution < -0.4 is 10.6 Å². The third-order valence-corrected chi connectivity index (χ3v) is 9.31. The summed E-state index contributed by atoms with van der Waals surface area (Å²) in [7, 11) is 3.82. The Balaban J connectivity index is 1.73. The predicted octanol–water partition coefficient (Wildman–Crippen LogP) is 6.34. The SMILES string of the molecule is C[C@@H]1CN(c2nc(=O)n3c4c(c(-c5ccc(F)cc5)c(C(F)(F)F)cc24)SCC(CN(C)C)C3)C[C@H](C)N1C(=O)OC(C)(C)C. The number of hydrogen-bond acceptors (Lipinski definition) is 7. The van der Waals surface area contributed by atoms with E-state index >= 15 is 0 Å².